The van der Waals surface area contributed by atoms with Gasteiger partial charge in [-0.3, -0.25) is 4.98 Å². The van der Waals surface area contributed by atoms with E-state index >= 15 is 0 Å². The molecule has 0 amide bonds. The minimum absolute atomic E-state index is 0.0408. The van der Waals surface area contributed by atoms with Gasteiger partial charge in [0.15, 0.2) is 0 Å². The van der Waals surface area contributed by atoms with Crippen LogP contribution in [0.4, 0.5) is 4.39 Å². The summed E-state index contributed by atoms with van der Waals surface area (Å²) in [5.41, 5.74) is 2.24. The van der Waals surface area contributed by atoms with Crippen LogP contribution in [0.5, 0.6) is 0 Å². The molecule has 4 rings (SSSR count). The number of pyridine rings is 1. The maximum absolute atomic E-state index is 13.3. The highest BCUT2D eigenvalue weighted by Crippen LogP contribution is 2.43. The molecule has 0 radical (unpaired) electrons. The molecule has 2 aromatic heterocycles. The van der Waals surface area contributed by atoms with Gasteiger partial charge in [-0.25, -0.2) is 4.39 Å². The molecule has 2 nitrogen and oxygen atoms in total. The molecule has 0 saturated heterocycles. The topological polar surface area (TPSA) is 33.1 Å². The van der Waals surface area contributed by atoms with Gasteiger partial charge in [-0.1, -0.05) is 6.07 Å². The first-order valence-corrected chi connectivity index (χ1v) is 7.85. The van der Waals surface area contributed by atoms with Crippen molar-refractivity contribution < 1.29 is 9.50 Å². The fourth-order valence-corrected chi connectivity index (χ4v) is 4.23. The van der Waals surface area contributed by atoms with Crippen molar-refractivity contribution in [2.45, 2.75) is 24.9 Å². The summed E-state index contributed by atoms with van der Waals surface area (Å²) in [5.74, 6) is -0.201. The molecule has 0 fully saturated rings. The summed E-state index contributed by atoms with van der Waals surface area (Å²) >= 11 is 1.53. The average Bonchev–Trinajstić information content (AvgIpc) is 3.09. The zero-order valence-electron chi connectivity index (χ0n) is 11.3. The number of aliphatic hydroxyl groups is 1. The van der Waals surface area contributed by atoms with Crippen molar-refractivity contribution in [3.63, 3.8) is 0 Å². The molecular formula is C17H14FNOS. The Hall–Kier alpha value is -1.78. The minimum Gasteiger partial charge on any atom is -0.387 e. The van der Waals surface area contributed by atoms with Crippen molar-refractivity contribution in [2.24, 2.45) is 0 Å². The molecule has 4 heteroatoms. The van der Waals surface area contributed by atoms with Crippen LogP contribution >= 0.6 is 11.3 Å². The maximum atomic E-state index is 13.3. The predicted molar refractivity (Wildman–Crippen MR) is 82.0 cm³/mol. The smallest absolute Gasteiger partial charge is 0.123 e. The van der Waals surface area contributed by atoms with E-state index in [2.05, 4.69) is 11.1 Å². The average molecular weight is 299 g/mol. The van der Waals surface area contributed by atoms with Crippen molar-refractivity contribution >= 4 is 21.4 Å². The molecule has 2 atom stereocenters. The molecule has 0 aliphatic heterocycles. The zero-order chi connectivity index (χ0) is 14.4. The number of aromatic nitrogens is 1. The number of benzene rings is 1. The maximum Gasteiger partial charge on any atom is 0.123 e. The first-order valence-electron chi connectivity index (χ1n) is 7.03. The monoisotopic (exact) mass is 299 g/mol. The van der Waals surface area contributed by atoms with Crippen LogP contribution in [0.15, 0.2) is 42.6 Å². The Kier molecular flexibility index (Phi) is 3.01. The Morgan fingerprint density at radius 1 is 1.29 bits per heavy atom. The summed E-state index contributed by atoms with van der Waals surface area (Å²) < 4.78 is 14.3. The second-order valence-corrected chi connectivity index (χ2v) is 6.58. The number of aryl methyl sites for hydroxylation is 1. The Labute approximate surface area is 125 Å². The van der Waals surface area contributed by atoms with E-state index in [9.17, 15) is 9.50 Å². The largest absolute Gasteiger partial charge is 0.387 e. The molecular weight excluding hydrogens is 285 g/mol. The second kappa shape index (κ2) is 4.90. The van der Waals surface area contributed by atoms with Gasteiger partial charge in [-0.15, -0.1) is 11.3 Å². The van der Waals surface area contributed by atoms with Crippen LogP contribution in [-0.2, 0) is 6.42 Å². The molecule has 0 bridgehead atoms. The summed E-state index contributed by atoms with van der Waals surface area (Å²) in [4.78, 5) is 5.33. The SMILES string of the molecule is OC(c1cc2cc(F)ccc2s1)C1CCc2cccnc21. The highest BCUT2D eigenvalue weighted by Gasteiger charge is 2.31. The fourth-order valence-electron chi connectivity index (χ4n) is 3.13. The van der Waals surface area contributed by atoms with E-state index in [4.69, 9.17) is 0 Å². The summed E-state index contributed by atoms with van der Waals surface area (Å²) in [6, 6.07) is 10.7. The Morgan fingerprint density at radius 3 is 3.10 bits per heavy atom. The summed E-state index contributed by atoms with van der Waals surface area (Å²) in [7, 11) is 0. The van der Waals surface area contributed by atoms with Gasteiger partial charge in [-0.2, -0.15) is 0 Å². The quantitative estimate of drug-likeness (QED) is 0.769. The molecule has 0 spiro atoms. The molecule has 21 heavy (non-hydrogen) atoms. The van der Waals surface area contributed by atoms with E-state index in [1.165, 1.54) is 29.0 Å². The van der Waals surface area contributed by atoms with E-state index < -0.39 is 6.10 Å². The Morgan fingerprint density at radius 2 is 2.19 bits per heavy atom. The van der Waals surface area contributed by atoms with Gasteiger partial charge < -0.3 is 5.11 Å². The molecule has 1 N–H and O–H groups in total. The van der Waals surface area contributed by atoms with Gasteiger partial charge in [0, 0.05) is 27.4 Å². The summed E-state index contributed by atoms with van der Waals surface area (Å²) in [6.45, 7) is 0. The van der Waals surface area contributed by atoms with Gasteiger partial charge in [0.25, 0.3) is 0 Å². The lowest BCUT2D eigenvalue weighted by Crippen LogP contribution is -2.07. The lowest BCUT2D eigenvalue weighted by molar-refractivity contribution is 0.147. The molecule has 3 aromatic rings. The van der Waals surface area contributed by atoms with Crippen molar-refractivity contribution in [1.29, 1.82) is 0 Å². The highest BCUT2D eigenvalue weighted by molar-refractivity contribution is 7.19. The highest BCUT2D eigenvalue weighted by atomic mass is 32.1. The lowest BCUT2D eigenvalue weighted by atomic mass is 9.98. The van der Waals surface area contributed by atoms with Gasteiger partial charge in [0.1, 0.15) is 5.82 Å². The first-order chi connectivity index (χ1) is 10.2. The molecule has 2 unspecified atom stereocenters. The van der Waals surface area contributed by atoms with Crippen molar-refractivity contribution in [1.82, 2.24) is 4.98 Å². The standard InChI is InChI=1S/C17H14FNOS/c18-12-4-6-14-11(8-12)9-15(21-14)17(20)13-5-3-10-2-1-7-19-16(10)13/h1-2,4,6-9,13,17,20H,3,5H2. The Bertz CT molecular complexity index is 813. The van der Waals surface area contributed by atoms with Gasteiger partial charge in [-0.05, 0) is 54.1 Å². The molecule has 0 saturated carbocycles. The van der Waals surface area contributed by atoms with Crippen LogP contribution in [0.2, 0.25) is 0 Å². The molecule has 1 aliphatic rings. The van der Waals surface area contributed by atoms with Crippen LogP contribution in [0.3, 0.4) is 0 Å². The van der Waals surface area contributed by atoms with Crippen LogP contribution in [0.25, 0.3) is 10.1 Å². The number of fused-ring (bicyclic) bond motifs is 2. The molecule has 106 valence electrons. The van der Waals surface area contributed by atoms with Crippen LogP contribution in [0.1, 0.15) is 34.6 Å². The molecule has 1 aromatic carbocycles. The van der Waals surface area contributed by atoms with Crippen LogP contribution in [0, 0.1) is 5.82 Å². The summed E-state index contributed by atoms with van der Waals surface area (Å²) in [6.07, 6.45) is 3.09. The molecule has 2 heterocycles. The third kappa shape index (κ3) is 2.15. The van der Waals surface area contributed by atoms with E-state index in [1.54, 1.807) is 12.3 Å². The third-order valence-corrected chi connectivity index (χ3v) is 5.36. The lowest BCUT2D eigenvalue weighted by Gasteiger charge is -2.16. The van der Waals surface area contributed by atoms with Gasteiger partial charge >= 0.3 is 0 Å². The summed E-state index contributed by atoms with van der Waals surface area (Å²) in [5, 5.41) is 11.6. The molecule has 1 aliphatic carbocycles. The minimum atomic E-state index is -0.568. The predicted octanol–water partition coefficient (Wildman–Crippen LogP) is 4.20. The first kappa shape index (κ1) is 12.9. The van der Waals surface area contributed by atoms with Crippen molar-refractivity contribution in [3.05, 3.63) is 64.5 Å². The van der Waals surface area contributed by atoms with Gasteiger partial charge in [0.2, 0.25) is 0 Å². The zero-order valence-corrected chi connectivity index (χ0v) is 12.1. The third-order valence-electron chi connectivity index (χ3n) is 4.17. The number of nitrogens with zero attached hydrogens (tertiary/aromatic N) is 1. The second-order valence-electron chi connectivity index (χ2n) is 5.47. The van der Waals surface area contributed by atoms with Gasteiger partial charge in [0.05, 0.1) is 6.10 Å². The number of halogens is 1. The van der Waals surface area contributed by atoms with Crippen LogP contribution < -0.4 is 0 Å². The van der Waals surface area contributed by atoms with Crippen molar-refractivity contribution in [3.8, 4) is 0 Å². The fraction of sp³-hybridized carbons (Fsp3) is 0.235. The number of hydrogen-bond donors (Lipinski definition) is 1. The van der Waals surface area contributed by atoms with E-state index in [1.807, 2.05) is 12.1 Å². The number of thiophene rings is 1. The normalized spacial score (nSPS) is 18.9. The van der Waals surface area contributed by atoms with Crippen LogP contribution in [-0.4, -0.2) is 10.1 Å². The Balaban J connectivity index is 1.72. The van der Waals surface area contributed by atoms with Crippen molar-refractivity contribution in [2.75, 3.05) is 0 Å². The van der Waals surface area contributed by atoms with E-state index in [0.29, 0.717) is 0 Å². The van der Waals surface area contributed by atoms with E-state index in [0.717, 1.165) is 33.5 Å². The number of hydrogen-bond acceptors (Lipinski definition) is 3. The number of rotatable bonds is 2. The van der Waals surface area contributed by atoms with E-state index in [-0.39, 0.29) is 11.7 Å². The number of aliphatic hydroxyl groups excluding tert-OH is 1.